The largest absolute Gasteiger partial charge is 0.288 e. The first-order valence-electron chi connectivity index (χ1n) is 6.28. The van der Waals surface area contributed by atoms with Crippen LogP contribution < -0.4 is 5.48 Å². The minimum Gasteiger partial charge on any atom is -0.288 e. The first kappa shape index (κ1) is 16.2. The van der Waals surface area contributed by atoms with E-state index in [0.717, 1.165) is 0 Å². The van der Waals surface area contributed by atoms with Crippen molar-refractivity contribution in [3.05, 3.63) is 68.9 Å². The number of hydrogen-bond acceptors (Lipinski definition) is 4. The summed E-state index contributed by atoms with van der Waals surface area (Å²) in [5.74, 6) is -0.698. The summed E-state index contributed by atoms with van der Waals surface area (Å²) in [5.41, 5.74) is 2.91. The van der Waals surface area contributed by atoms with Crippen molar-refractivity contribution in [3.8, 4) is 0 Å². The van der Waals surface area contributed by atoms with Gasteiger partial charge in [-0.3, -0.25) is 14.8 Å². The van der Waals surface area contributed by atoms with Gasteiger partial charge < -0.3 is 0 Å². The van der Waals surface area contributed by atoms with Crippen molar-refractivity contribution in [2.24, 2.45) is 0 Å². The second-order valence-electron chi connectivity index (χ2n) is 4.27. The van der Waals surface area contributed by atoms with E-state index in [4.69, 9.17) is 16.8 Å². The van der Waals surface area contributed by atoms with Gasteiger partial charge in [0.25, 0.3) is 5.91 Å². The van der Waals surface area contributed by atoms with E-state index < -0.39 is 5.91 Å². The van der Waals surface area contributed by atoms with Crippen LogP contribution >= 0.6 is 22.9 Å². The van der Waals surface area contributed by atoms with Crippen molar-refractivity contribution in [1.82, 2.24) is 5.48 Å². The SMILES string of the molecule is O=C(C=Cc1ccc(C=CC(=O)c2cccs2)c(Cl)c1)NO. The lowest BCUT2D eigenvalue weighted by Crippen LogP contribution is -2.14. The summed E-state index contributed by atoms with van der Waals surface area (Å²) in [6.45, 7) is 0. The normalized spacial score (nSPS) is 11.2. The molecule has 1 heterocycles. The summed E-state index contributed by atoms with van der Waals surface area (Å²) >= 11 is 7.53. The molecule has 0 atom stereocenters. The van der Waals surface area contributed by atoms with Gasteiger partial charge in [0.2, 0.25) is 0 Å². The number of allylic oxidation sites excluding steroid dienone is 1. The summed E-state index contributed by atoms with van der Waals surface area (Å²) in [6.07, 6.45) is 5.82. The average Bonchev–Trinajstić information content (AvgIpc) is 3.05. The fraction of sp³-hybridized carbons (Fsp3) is 0. The maximum atomic E-state index is 11.9. The van der Waals surface area contributed by atoms with Gasteiger partial charge in [0.1, 0.15) is 0 Å². The number of nitrogens with one attached hydrogen (secondary N) is 1. The number of hydrogen-bond donors (Lipinski definition) is 2. The van der Waals surface area contributed by atoms with Gasteiger partial charge in [-0.15, -0.1) is 11.3 Å². The maximum Gasteiger partial charge on any atom is 0.267 e. The summed E-state index contributed by atoms with van der Waals surface area (Å²) < 4.78 is 0. The van der Waals surface area contributed by atoms with Crippen LogP contribution in [0.1, 0.15) is 20.8 Å². The molecule has 0 radical (unpaired) electrons. The zero-order valence-corrected chi connectivity index (χ0v) is 12.9. The van der Waals surface area contributed by atoms with E-state index in [0.29, 0.717) is 21.0 Å². The third-order valence-electron chi connectivity index (χ3n) is 2.74. The number of amides is 1. The molecule has 6 heteroatoms. The zero-order valence-electron chi connectivity index (χ0n) is 11.3. The third-order valence-corrected chi connectivity index (χ3v) is 3.95. The first-order chi connectivity index (χ1) is 10.6. The Labute approximate surface area is 136 Å². The molecule has 0 spiro atoms. The molecule has 1 amide bonds. The minimum absolute atomic E-state index is 0.0744. The van der Waals surface area contributed by atoms with Crippen LogP contribution in [0.15, 0.2) is 47.9 Å². The lowest BCUT2D eigenvalue weighted by molar-refractivity contribution is -0.124. The van der Waals surface area contributed by atoms with E-state index in [1.165, 1.54) is 35.0 Å². The summed E-state index contributed by atoms with van der Waals surface area (Å²) in [7, 11) is 0. The number of hydroxylamine groups is 1. The molecule has 4 nitrogen and oxygen atoms in total. The molecule has 0 saturated carbocycles. The van der Waals surface area contributed by atoms with Crippen molar-refractivity contribution in [3.63, 3.8) is 0 Å². The Morgan fingerprint density at radius 2 is 2.00 bits per heavy atom. The molecule has 1 aromatic heterocycles. The molecule has 2 rings (SSSR count). The smallest absolute Gasteiger partial charge is 0.267 e. The molecular formula is C16H12ClNO3S. The van der Waals surface area contributed by atoms with Crippen LogP contribution in [0, 0.1) is 0 Å². The molecule has 22 heavy (non-hydrogen) atoms. The summed E-state index contributed by atoms with van der Waals surface area (Å²) in [5, 5.41) is 10.7. The molecule has 112 valence electrons. The van der Waals surface area contributed by atoms with E-state index in [2.05, 4.69) is 0 Å². The molecular weight excluding hydrogens is 322 g/mol. The Morgan fingerprint density at radius 1 is 1.18 bits per heavy atom. The first-order valence-corrected chi connectivity index (χ1v) is 7.53. The highest BCUT2D eigenvalue weighted by atomic mass is 35.5. The molecule has 2 N–H and O–H groups in total. The molecule has 0 unspecified atom stereocenters. The van der Waals surface area contributed by atoms with Crippen molar-refractivity contribution in [2.45, 2.75) is 0 Å². The predicted molar refractivity (Wildman–Crippen MR) is 88.1 cm³/mol. The van der Waals surface area contributed by atoms with Crippen LogP contribution in [-0.2, 0) is 4.79 Å². The third kappa shape index (κ3) is 4.39. The lowest BCUT2D eigenvalue weighted by Gasteiger charge is -2.00. The van der Waals surface area contributed by atoms with E-state index in [1.54, 1.807) is 30.3 Å². The van der Waals surface area contributed by atoms with Crippen LogP contribution in [0.4, 0.5) is 0 Å². The number of benzene rings is 1. The molecule has 0 bridgehead atoms. The van der Waals surface area contributed by atoms with Crippen LogP contribution in [0.25, 0.3) is 12.2 Å². The van der Waals surface area contributed by atoms with Crippen LogP contribution in [0.5, 0.6) is 0 Å². The second kappa shape index (κ2) is 7.70. The van der Waals surface area contributed by atoms with Gasteiger partial charge in [-0.2, -0.15) is 0 Å². The summed E-state index contributed by atoms with van der Waals surface area (Å²) in [4.78, 5) is 23.4. The number of halogens is 1. The summed E-state index contributed by atoms with van der Waals surface area (Å²) in [6, 6.07) is 8.75. The minimum atomic E-state index is -0.623. The fourth-order valence-corrected chi connectivity index (χ4v) is 2.55. The van der Waals surface area contributed by atoms with Crippen LogP contribution in [0.3, 0.4) is 0 Å². The number of thiophene rings is 1. The highest BCUT2D eigenvalue weighted by Gasteiger charge is 2.03. The zero-order chi connectivity index (χ0) is 15.9. The van der Waals surface area contributed by atoms with E-state index in [1.807, 2.05) is 11.4 Å². The van der Waals surface area contributed by atoms with Crippen molar-refractivity contribution < 1.29 is 14.8 Å². The molecule has 2 aromatic rings. The quantitative estimate of drug-likeness (QED) is 0.378. The standard InChI is InChI=1S/C16H12ClNO3S/c17-13-10-11(4-8-16(20)18-21)3-5-12(13)6-7-14(19)15-2-1-9-22-15/h1-10,21H,(H,18,20). The molecule has 0 aliphatic carbocycles. The molecule has 0 aliphatic rings. The molecule has 0 saturated heterocycles. The predicted octanol–water partition coefficient (Wildman–Crippen LogP) is 3.82. The highest BCUT2D eigenvalue weighted by Crippen LogP contribution is 2.21. The topological polar surface area (TPSA) is 66.4 Å². The number of ketones is 1. The Balaban J connectivity index is 2.11. The van der Waals surface area contributed by atoms with Crippen LogP contribution in [0.2, 0.25) is 5.02 Å². The maximum absolute atomic E-state index is 11.9. The van der Waals surface area contributed by atoms with Crippen molar-refractivity contribution in [1.29, 1.82) is 0 Å². The van der Waals surface area contributed by atoms with Crippen molar-refractivity contribution in [2.75, 3.05) is 0 Å². The van der Waals surface area contributed by atoms with Gasteiger partial charge in [-0.1, -0.05) is 29.8 Å². The second-order valence-corrected chi connectivity index (χ2v) is 5.62. The number of carbonyl (C=O) groups is 2. The van der Waals surface area contributed by atoms with E-state index >= 15 is 0 Å². The van der Waals surface area contributed by atoms with Gasteiger partial charge in [0, 0.05) is 11.1 Å². The van der Waals surface area contributed by atoms with Gasteiger partial charge in [0.15, 0.2) is 5.78 Å². The molecule has 0 aliphatic heterocycles. The van der Waals surface area contributed by atoms with Gasteiger partial charge in [0.05, 0.1) is 4.88 Å². The molecule has 1 aromatic carbocycles. The highest BCUT2D eigenvalue weighted by molar-refractivity contribution is 7.12. The Kier molecular flexibility index (Phi) is 5.66. The molecule has 0 fully saturated rings. The van der Waals surface area contributed by atoms with Gasteiger partial charge in [-0.25, -0.2) is 5.48 Å². The Hall–Kier alpha value is -2.21. The van der Waals surface area contributed by atoms with Gasteiger partial charge in [-0.05, 0) is 46.9 Å². The van der Waals surface area contributed by atoms with Crippen LogP contribution in [-0.4, -0.2) is 16.9 Å². The lowest BCUT2D eigenvalue weighted by atomic mass is 10.1. The monoisotopic (exact) mass is 333 g/mol. The fourth-order valence-electron chi connectivity index (χ4n) is 1.66. The number of carbonyl (C=O) groups excluding carboxylic acids is 2. The average molecular weight is 334 g/mol. The van der Waals surface area contributed by atoms with E-state index in [-0.39, 0.29) is 5.78 Å². The number of rotatable bonds is 5. The van der Waals surface area contributed by atoms with Crippen molar-refractivity contribution >= 4 is 46.8 Å². The Bertz CT molecular complexity index is 736. The van der Waals surface area contributed by atoms with Gasteiger partial charge >= 0.3 is 0 Å². The van der Waals surface area contributed by atoms with E-state index in [9.17, 15) is 9.59 Å². The Morgan fingerprint density at radius 3 is 2.64 bits per heavy atom.